The summed E-state index contributed by atoms with van der Waals surface area (Å²) in [5.41, 5.74) is 0.830. The molecule has 0 atom stereocenters. The Balaban J connectivity index is 1.77. The first kappa shape index (κ1) is 15.2. The number of amides is 2. The summed E-state index contributed by atoms with van der Waals surface area (Å²) < 4.78 is 5.93. The zero-order valence-electron chi connectivity index (χ0n) is 11.7. The van der Waals surface area contributed by atoms with Crippen molar-refractivity contribution in [3.05, 3.63) is 24.3 Å². The van der Waals surface area contributed by atoms with Gasteiger partial charge in [-0.25, -0.2) is 9.78 Å². The van der Waals surface area contributed by atoms with Crippen molar-refractivity contribution in [2.45, 2.75) is 19.8 Å². The number of nitrogens with zero attached hydrogens (tertiary/aromatic N) is 1. The van der Waals surface area contributed by atoms with Crippen LogP contribution in [0.1, 0.15) is 19.8 Å². The summed E-state index contributed by atoms with van der Waals surface area (Å²) in [5.74, 6) is -0.442. The normalized spacial score (nSPS) is 10.3. The molecule has 112 valence electrons. The van der Waals surface area contributed by atoms with Gasteiger partial charge in [0.15, 0.2) is 5.13 Å². The Morgan fingerprint density at radius 3 is 2.90 bits per heavy atom. The van der Waals surface area contributed by atoms with E-state index in [1.165, 1.54) is 11.3 Å². The number of para-hydroxylation sites is 1. The molecule has 7 heteroatoms. The molecule has 0 saturated carbocycles. The van der Waals surface area contributed by atoms with E-state index in [-0.39, 0.29) is 6.54 Å². The smallest absolute Gasteiger partial charge is 0.325 e. The Hall–Kier alpha value is -2.15. The predicted octanol–water partition coefficient (Wildman–Crippen LogP) is 2.76. The van der Waals surface area contributed by atoms with Gasteiger partial charge in [0.05, 0.1) is 16.8 Å². The number of thiazole rings is 1. The van der Waals surface area contributed by atoms with Crippen LogP contribution in [-0.4, -0.2) is 30.1 Å². The number of carbonyl (C=O) groups excluding carboxylic acids is 2. The molecule has 0 unspecified atom stereocenters. The van der Waals surface area contributed by atoms with Crippen LogP contribution in [0.25, 0.3) is 10.2 Å². The maximum atomic E-state index is 11.7. The minimum absolute atomic E-state index is 0.152. The van der Waals surface area contributed by atoms with Crippen molar-refractivity contribution in [3.63, 3.8) is 0 Å². The van der Waals surface area contributed by atoms with Gasteiger partial charge < -0.3 is 10.1 Å². The number of urea groups is 1. The number of carbonyl (C=O) groups is 2. The molecule has 1 aromatic carbocycles. The topological polar surface area (TPSA) is 80.3 Å². The summed E-state index contributed by atoms with van der Waals surface area (Å²) >= 11 is 1.38. The first-order valence-corrected chi connectivity index (χ1v) is 7.56. The van der Waals surface area contributed by atoms with Crippen LogP contribution in [0, 0.1) is 0 Å². The molecule has 2 rings (SSSR count). The van der Waals surface area contributed by atoms with E-state index < -0.39 is 12.0 Å². The minimum atomic E-state index is -0.471. The van der Waals surface area contributed by atoms with Crippen molar-refractivity contribution in [1.29, 1.82) is 0 Å². The van der Waals surface area contributed by atoms with Crippen LogP contribution in [0.2, 0.25) is 0 Å². The van der Waals surface area contributed by atoms with E-state index >= 15 is 0 Å². The van der Waals surface area contributed by atoms with Gasteiger partial charge in [-0.3, -0.25) is 10.1 Å². The number of esters is 1. The first-order chi connectivity index (χ1) is 10.2. The molecular formula is C14H17N3O3S. The second-order valence-electron chi connectivity index (χ2n) is 4.37. The fraction of sp³-hybridized carbons (Fsp3) is 0.357. The summed E-state index contributed by atoms with van der Waals surface area (Å²) in [7, 11) is 0. The fourth-order valence-electron chi connectivity index (χ4n) is 1.60. The zero-order chi connectivity index (χ0) is 15.1. The number of aromatic nitrogens is 1. The van der Waals surface area contributed by atoms with E-state index in [0.717, 1.165) is 23.1 Å². The summed E-state index contributed by atoms with van der Waals surface area (Å²) in [4.78, 5) is 27.3. The van der Waals surface area contributed by atoms with E-state index in [2.05, 4.69) is 15.6 Å². The molecule has 0 bridgehead atoms. The van der Waals surface area contributed by atoms with Gasteiger partial charge in [0.2, 0.25) is 0 Å². The molecule has 0 aliphatic carbocycles. The number of rotatable bonds is 6. The lowest BCUT2D eigenvalue weighted by Crippen LogP contribution is -2.34. The maximum absolute atomic E-state index is 11.7. The molecule has 0 fully saturated rings. The lowest BCUT2D eigenvalue weighted by atomic mass is 10.3. The highest BCUT2D eigenvalue weighted by molar-refractivity contribution is 7.22. The molecule has 0 spiro atoms. The second-order valence-corrected chi connectivity index (χ2v) is 5.40. The number of anilines is 1. The average molecular weight is 307 g/mol. The number of unbranched alkanes of at least 4 members (excludes halogenated alkanes) is 1. The SMILES string of the molecule is CCCCOC(=O)CNC(=O)Nc1nc2ccccc2s1. The molecule has 21 heavy (non-hydrogen) atoms. The number of benzene rings is 1. The third kappa shape index (κ3) is 4.71. The van der Waals surface area contributed by atoms with Crippen molar-refractivity contribution in [2.24, 2.45) is 0 Å². The van der Waals surface area contributed by atoms with E-state index in [9.17, 15) is 9.59 Å². The van der Waals surface area contributed by atoms with Gasteiger partial charge in [-0.05, 0) is 18.6 Å². The van der Waals surface area contributed by atoms with Crippen molar-refractivity contribution >= 4 is 38.7 Å². The summed E-state index contributed by atoms with van der Waals surface area (Å²) in [6.07, 6.45) is 1.78. The van der Waals surface area contributed by atoms with E-state index in [4.69, 9.17) is 4.74 Å². The second kappa shape index (κ2) is 7.58. The standard InChI is InChI=1S/C14H17N3O3S/c1-2-3-8-20-12(18)9-15-13(19)17-14-16-10-6-4-5-7-11(10)21-14/h4-7H,2-3,8-9H2,1H3,(H2,15,16,17,19). The van der Waals surface area contributed by atoms with Crippen LogP contribution in [0.15, 0.2) is 24.3 Å². The minimum Gasteiger partial charge on any atom is -0.464 e. The zero-order valence-corrected chi connectivity index (χ0v) is 12.5. The summed E-state index contributed by atoms with van der Waals surface area (Å²) in [6, 6.07) is 7.14. The van der Waals surface area contributed by atoms with Gasteiger partial charge in [0, 0.05) is 0 Å². The molecule has 1 heterocycles. The highest BCUT2D eigenvalue weighted by atomic mass is 32.1. The monoisotopic (exact) mass is 307 g/mol. The van der Waals surface area contributed by atoms with Crippen LogP contribution < -0.4 is 10.6 Å². The Kier molecular flexibility index (Phi) is 5.51. The highest BCUT2D eigenvalue weighted by Gasteiger charge is 2.09. The fourth-order valence-corrected chi connectivity index (χ4v) is 2.46. The Morgan fingerprint density at radius 1 is 1.33 bits per heavy atom. The largest absolute Gasteiger partial charge is 0.464 e. The van der Waals surface area contributed by atoms with Crippen molar-refractivity contribution in [1.82, 2.24) is 10.3 Å². The van der Waals surface area contributed by atoms with Crippen LogP contribution in [-0.2, 0) is 9.53 Å². The highest BCUT2D eigenvalue weighted by Crippen LogP contribution is 2.25. The summed E-state index contributed by atoms with van der Waals surface area (Å²) in [5, 5.41) is 5.54. The molecule has 2 N–H and O–H groups in total. The van der Waals surface area contributed by atoms with Crippen LogP contribution >= 0.6 is 11.3 Å². The number of ether oxygens (including phenoxy) is 1. The van der Waals surface area contributed by atoms with Crippen molar-refractivity contribution < 1.29 is 14.3 Å². The molecular weight excluding hydrogens is 290 g/mol. The van der Waals surface area contributed by atoms with Gasteiger partial charge >= 0.3 is 12.0 Å². The number of fused-ring (bicyclic) bond motifs is 1. The molecule has 0 aliphatic heterocycles. The van der Waals surface area contributed by atoms with Crippen LogP contribution in [0.5, 0.6) is 0 Å². The molecule has 0 radical (unpaired) electrons. The van der Waals surface area contributed by atoms with Gasteiger partial charge in [-0.15, -0.1) is 0 Å². The average Bonchev–Trinajstić information content (AvgIpc) is 2.87. The van der Waals surface area contributed by atoms with Gasteiger partial charge in [-0.2, -0.15) is 0 Å². The molecule has 1 aromatic heterocycles. The van der Waals surface area contributed by atoms with Gasteiger partial charge in [-0.1, -0.05) is 36.8 Å². The van der Waals surface area contributed by atoms with E-state index in [1.807, 2.05) is 31.2 Å². The third-order valence-electron chi connectivity index (χ3n) is 2.67. The van der Waals surface area contributed by atoms with Gasteiger partial charge in [0.25, 0.3) is 0 Å². The Bertz CT molecular complexity index is 594. The van der Waals surface area contributed by atoms with Crippen molar-refractivity contribution in [2.75, 3.05) is 18.5 Å². The van der Waals surface area contributed by atoms with Gasteiger partial charge in [0.1, 0.15) is 6.54 Å². The number of hydrogen-bond acceptors (Lipinski definition) is 5. The summed E-state index contributed by atoms with van der Waals surface area (Å²) in [6.45, 7) is 2.24. The van der Waals surface area contributed by atoms with Crippen LogP contribution in [0.3, 0.4) is 0 Å². The molecule has 2 aromatic rings. The molecule has 0 aliphatic rings. The van der Waals surface area contributed by atoms with E-state index in [0.29, 0.717) is 11.7 Å². The molecule has 6 nitrogen and oxygen atoms in total. The maximum Gasteiger partial charge on any atom is 0.325 e. The van der Waals surface area contributed by atoms with E-state index in [1.54, 1.807) is 0 Å². The molecule has 2 amide bonds. The van der Waals surface area contributed by atoms with Crippen molar-refractivity contribution in [3.8, 4) is 0 Å². The predicted molar refractivity (Wildman–Crippen MR) is 82.5 cm³/mol. The Morgan fingerprint density at radius 2 is 2.14 bits per heavy atom. The lowest BCUT2D eigenvalue weighted by Gasteiger charge is -2.05. The first-order valence-electron chi connectivity index (χ1n) is 6.75. The lowest BCUT2D eigenvalue weighted by molar-refractivity contribution is -0.142. The molecule has 0 saturated heterocycles. The number of nitrogens with one attached hydrogen (secondary N) is 2. The Labute approximate surface area is 126 Å². The number of hydrogen-bond donors (Lipinski definition) is 2. The quantitative estimate of drug-likeness (QED) is 0.635. The third-order valence-corrected chi connectivity index (χ3v) is 3.62. The van der Waals surface area contributed by atoms with Crippen LogP contribution in [0.4, 0.5) is 9.93 Å².